The van der Waals surface area contributed by atoms with Gasteiger partial charge in [-0.05, 0) is 85.5 Å². The number of ether oxygens (including phenoxy) is 1. The number of hydrogen-bond donors (Lipinski definition) is 0. The van der Waals surface area contributed by atoms with E-state index in [2.05, 4.69) is 0 Å². The number of hydrogen-bond acceptors (Lipinski definition) is 3. The Morgan fingerprint density at radius 2 is 1.58 bits per heavy atom. The van der Waals surface area contributed by atoms with E-state index in [1.165, 1.54) is 43.5 Å². The van der Waals surface area contributed by atoms with Gasteiger partial charge >= 0.3 is 5.97 Å². The van der Waals surface area contributed by atoms with Crippen LogP contribution in [-0.4, -0.2) is 11.8 Å². The van der Waals surface area contributed by atoms with E-state index in [4.69, 9.17) is 4.74 Å². The van der Waals surface area contributed by atoms with Gasteiger partial charge in [0.25, 0.3) is 0 Å². The molecule has 0 saturated heterocycles. The molecule has 2 fully saturated rings. The highest BCUT2D eigenvalue weighted by molar-refractivity contribution is 6.09. The van der Waals surface area contributed by atoms with Crippen molar-refractivity contribution < 1.29 is 18.7 Å². The van der Waals surface area contributed by atoms with Crippen molar-refractivity contribution in [1.82, 2.24) is 0 Å². The van der Waals surface area contributed by atoms with E-state index >= 15 is 0 Å². The fourth-order valence-corrected chi connectivity index (χ4v) is 4.46. The first-order valence-electron chi connectivity index (χ1n) is 9.19. The first kappa shape index (κ1) is 17.0. The van der Waals surface area contributed by atoms with Gasteiger partial charge < -0.3 is 4.74 Å². The number of esters is 1. The van der Waals surface area contributed by atoms with Gasteiger partial charge in [-0.25, -0.2) is 4.39 Å². The summed E-state index contributed by atoms with van der Waals surface area (Å²) in [6.45, 7) is 0. The minimum atomic E-state index is -0.376. The first-order valence-corrected chi connectivity index (χ1v) is 9.19. The Morgan fingerprint density at radius 1 is 0.923 bits per heavy atom. The molecule has 3 nitrogen and oxygen atoms in total. The Morgan fingerprint density at radius 3 is 2.15 bits per heavy atom. The average Bonchev–Trinajstić information content (AvgIpc) is 3.25. The lowest BCUT2D eigenvalue weighted by atomic mass is 9.86. The lowest BCUT2D eigenvalue weighted by Crippen LogP contribution is -2.18. The van der Waals surface area contributed by atoms with Gasteiger partial charge in [-0.2, -0.15) is 0 Å². The van der Waals surface area contributed by atoms with Crippen LogP contribution in [0.3, 0.4) is 0 Å². The molecule has 0 spiro atoms. The van der Waals surface area contributed by atoms with Crippen molar-refractivity contribution in [2.45, 2.75) is 32.1 Å². The molecule has 0 radical (unpaired) electrons. The largest absolute Gasteiger partial charge is 0.427 e. The Balaban J connectivity index is 1.36. The smallest absolute Gasteiger partial charge is 0.311 e. The predicted octanol–water partition coefficient (Wildman–Crippen LogP) is 4.79. The van der Waals surface area contributed by atoms with Gasteiger partial charge in [0.05, 0.1) is 0 Å². The van der Waals surface area contributed by atoms with Crippen LogP contribution in [0, 0.1) is 23.6 Å². The third-order valence-electron chi connectivity index (χ3n) is 5.77. The fourth-order valence-electron chi connectivity index (χ4n) is 4.46. The summed E-state index contributed by atoms with van der Waals surface area (Å²) in [6, 6.07) is 12.0. The van der Waals surface area contributed by atoms with Crippen LogP contribution >= 0.6 is 0 Å². The minimum absolute atomic E-state index is 0.190. The molecule has 4 heteroatoms. The van der Waals surface area contributed by atoms with Gasteiger partial charge in [0.1, 0.15) is 11.6 Å². The van der Waals surface area contributed by atoms with Crippen molar-refractivity contribution >= 4 is 11.8 Å². The Bertz CT molecular complexity index is 810. The third kappa shape index (κ3) is 3.55. The molecule has 0 aliphatic heterocycles. The second-order valence-corrected chi connectivity index (χ2v) is 7.47. The fraction of sp³-hybridized carbons (Fsp3) is 0.364. The molecule has 2 aliphatic rings. The quantitative estimate of drug-likeness (QED) is 0.441. The van der Waals surface area contributed by atoms with Crippen LogP contribution < -0.4 is 4.74 Å². The zero-order valence-corrected chi connectivity index (χ0v) is 14.5. The SMILES string of the molecule is O=C(C[C@H]1C[C@H]2CC[C@H]1C2)Oc1ccc(C(=O)c2ccc(F)cc2)cc1. The maximum absolute atomic E-state index is 13.0. The Labute approximate surface area is 152 Å². The van der Waals surface area contributed by atoms with Crippen LogP contribution in [-0.2, 0) is 4.79 Å². The van der Waals surface area contributed by atoms with Crippen LogP contribution in [0.5, 0.6) is 5.75 Å². The normalized spacial score (nSPS) is 23.8. The number of ketones is 1. The zero-order chi connectivity index (χ0) is 18.1. The molecule has 4 rings (SSSR count). The molecule has 2 bridgehead atoms. The van der Waals surface area contributed by atoms with Crippen LogP contribution in [0.15, 0.2) is 48.5 Å². The second-order valence-electron chi connectivity index (χ2n) is 7.47. The molecule has 0 N–H and O–H groups in total. The molecule has 0 aromatic heterocycles. The maximum atomic E-state index is 13.0. The summed E-state index contributed by atoms with van der Waals surface area (Å²) in [5, 5.41) is 0. The molecule has 3 atom stereocenters. The van der Waals surface area contributed by atoms with E-state index in [-0.39, 0.29) is 17.6 Å². The summed E-state index contributed by atoms with van der Waals surface area (Å²) in [5.74, 6) is 1.68. The maximum Gasteiger partial charge on any atom is 0.311 e. The molecular formula is C22H21FO3. The van der Waals surface area contributed by atoms with Crippen LogP contribution in [0.4, 0.5) is 4.39 Å². The molecule has 0 amide bonds. The Hall–Kier alpha value is -2.49. The number of halogens is 1. The van der Waals surface area contributed by atoms with E-state index in [1.54, 1.807) is 24.3 Å². The van der Waals surface area contributed by atoms with E-state index in [9.17, 15) is 14.0 Å². The minimum Gasteiger partial charge on any atom is -0.427 e. The molecule has 134 valence electrons. The van der Waals surface area contributed by atoms with E-state index < -0.39 is 0 Å². The second kappa shape index (κ2) is 7.02. The number of fused-ring (bicyclic) bond motifs is 2. The lowest BCUT2D eigenvalue weighted by molar-refractivity contribution is -0.135. The van der Waals surface area contributed by atoms with Crippen molar-refractivity contribution in [2.24, 2.45) is 17.8 Å². The monoisotopic (exact) mass is 352 g/mol. The van der Waals surface area contributed by atoms with Gasteiger partial charge in [-0.15, -0.1) is 0 Å². The molecule has 26 heavy (non-hydrogen) atoms. The van der Waals surface area contributed by atoms with Crippen molar-refractivity contribution in [2.75, 3.05) is 0 Å². The molecular weight excluding hydrogens is 331 g/mol. The number of benzene rings is 2. The summed E-state index contributed by atoms with van der Waals surface area (Å²) < 4.78 is 18.4. The molecule has 0 unspecified atom stereocenters. The molecule has 0 heterocycles. The number of carbonyl (C=O) groups is 2. The lowest BCUT2D eigenvalue weighted by Gasteiger charge is -2.20. The highest BCUT2D eigenvalue weighted by Crippen LogP contribution is 2.49. The van der Waals surface area contributed by atoms with Crippen molar-refractivity contribution in [3.05, 3.63) is 65.5 Å². The van der Waals surface area contributed by atoms with Crippen molar-refractivity contribution in [3.8, 4) is 5.75 Å². The van der Waals surface area contributed by atoms with Gasteiger partial charge in [-0.3, -0.25) is 9.59 Å². The summed E-state index contributed by atoms with van der Waals surface area (Å²) in [5.41, 5.74) is 0.900. The van der Waals surface area contributed by atoms with Gasteiger partial charge in [0.2, 0.25) is 0 Å². The molecule has 2 saturated carbocycles. The first-order chi connectivity index (χ1) is 12.6. The predicted molar refractivity (Wildman–Crippen MR) is 95.5 cm³/mol. The van der Waals surface area contributed by atoms with Crippen molar-refractivity contribution in [1.29, 1.82) is 0 Å². The van der Waals surface area contributed by atoms with Crippen molar-refractivity contribution in [3.63, 3.8) is 0 Å². The van der Waals surface area contributed by atoms with Crippen LogP contribution in [0.25, 0.3) is 0 Å². The number of carbonyl (C=O) groups excluding carboxylic acids is 2. The summed E-state index contributed by atoms with van der Waals surface area (Å²) in [7, 11) is 0. The summed E-state index contributed by atoms with van der Waals surface area (Å²) in [4.78, 5) is 24.6. The summed E-state index contributed by atoms with van der Waals surface area (Å²) in [6.07, 6.45) is 5.49. The highest BCUT2D eigenvalue weighted by Gasteiger charge is 2.40. The topological polar surface area (TPSA) is 43.4 Å². The highest BCUT2D eigenvalue weighted by atomic mass is 19.1. The summed E-state index contributed by atoms with van der Waals surface area (Å²) >= 11 is 0. The average molecular weight is 352 g/mol. The molecule has 2 aromatic carbocycles. The third-order valence-corrected chi connectivity index (χ3v) is 5.77. The van der Waals surface area contributed by atoms with Gasteiger partial charge in [0, 0.05) is 17.5 Å². The van der Waals surface area contributed by atoms with E-state index in [0.29, 0.717) is 35.1 Å². The van der Waals surface area contributed by atoms with E-state index in [0.717, 1.165) is 12.3 Å². The Kier molecular flexibility index (Phi) is 4.58. The van der Waals surface area contributed by atoms with Gasteiger partial charge in [0.15, 0.2) is 5.78 Å². The van der Waals surface area contributed by atoms with Crippen LogP contribution in [0.2, 0.25) is 0 Å². The number of rotatable bonds is 5. The molecule has 2 aromatic rings. The van der Waals surface area contributed by atoms with Crippen LogP contribution in [0.1, 0.15) is 48.0 Å². The zero-order valence-electron chi connectivity index (χ0n) is 14.5. The molecule has 2 aliphatic carbocycles. The van der Waals surface area contributed by atoms with E-state index in [1.807, 2.05) is 0 Å². The standard InChI is InChI=1S/C22H21FO3/c23-19-7-3-15(4-8-19)22(25)16-5-9-20(10-6-16)26-21(24)13-18-12-14-1-2-17(18)11-14/h3-10,14,17-18H,1-2,11-13H2/t14-,17-,18+/m0/s1. The van der Waals surface area contributed by atoms with Gasteiger partial charge in [-0.1, -0.05) is 6.42 Å².